The summed E-state index contributed by atoms with van der Waals surface area (Å²) in [5, 5.41) is 8.33. The molecule has 2 unspecified atom stereocenters. The van der Waals surface area contributed by atoms with Crippen LogP contribution in [0.3, 0.4) is 0 Å². The Morgan fingerprint density at radius 2 is 1.92 bits per heavy atom. The molecule has 200 valence electrons. The van der Waals surface area contributed by atoms with Crippen molar-refractivity contribution in [2.24, 2.45) is 17.6 Å². The van der Waals surface area contributed by atoms with Crippen LogP contribution in [0.15, 0.2) is 12.1 Å². The molecule has 0 radical (unpaired) electrons. The van der Waals surface area contributed by atoms with Crippen LogP contribution < -0.4 is 26.4 Å². The van der Waals surface area contributed by atoms with Crippen molar-refractivity contribution in [1.29, 1.82) is 0 Å². The van der Waals surface area contributed by atoms with Gasteiger partial charge in [0.1, 0.15) is 23.5 Å². The standard InChI is InChI=1S/C25H31ClFN5O5/c1-25(2)10-12(22(34)32-25)7-15(21(28)33)30-23(35)16(6-11-4-5-11)31-24(36)17-8-13-18(37-3)9-14(26)19(27)20(13)29-17/h8-9,11-12,15-16,29H,4-7,10H2,1-3H3,(H2,28,33)(H,30,35)(H,31,36)(H,32,34)/t12-,15?,16?/m1/s1. The van der Waals surface area contributed by atoms with E-state index in [4.69, 9.17) is 22.1 Å². The van der Waals surface area contributed by atoms with Gasteiger partial charge in [-0.15, -0.1) is 0 Å². The predicted molar refractivity (Wildman–Crippen MR) is 134 cm³/mol. The molecule has 4 amide bonds. The van der Waals surface area contributed by atoms with Gasteiger partial charge in [0.25, 0.3) is 5.91 Å². The predicted octanol–water partition coefficient (Wildman–Crippen LogP) is 2.14. The molecule has 1 aliphatic heterocycles. The molecule has 37 heavy (non-hydrogen) atoms. The van der Waals surface area contributed by atoms with Crippen LogP contribution in [0.4, 0.5) is 4.39 Å². The molecule has 2 heterocycles. The van der Waals surface area contributed by atoms with E-state index in [2.05, 4.69) is 20.9 Å². The number of ether oxygens (including phenoxy) is 1. The largest absolute Gasteiger partial charge is 0.496 e. The summed E-state index contributed by atoms with van der Waals surface area (Å²) in [5.74, 6) is -2.85. The number of carbonyl (C=O) groups excluding carboxylic acids is 4. The van der Waals surface area contributed by atoms with Crippen molar-refractivity contribution in [3.05, 3.63) is 28.7 Å². The van der Waals surface area contributed by atoms with Crippen molar-refractivity contribution in [3.8, 4) is 5.75 Å². The Bertz CT molecular complexity index is 1260. The van der Waals surface area contributed by atoms with E-state index in [9.17, 15) is 23.6 Å². The highest BCUT2D eigenvalue weighted by Crippen LogP contribution is 2.35. The minimum absolute atomic E-state index is 0.00394. The summed E-state index contributed by atoms with van der Waals surface area (Å²) in [7, 11) is 1.40. The molecule has 10 nitrogen and oxygen atoms in total. The number of carbonyl (C=O) groups is 4. The normalized spacial score (nSPS) is 20.2. The Hall–Kier alpha value is -3.34. The molecule has 12 heteroatoms. The summed E-state index contributed by atoms with van der Waals surface area (Å²) in [6, 6.07) is 0.692. The average molecular weight is 536 g/mol. The van der Waals surface area contributed by atoms with Gasteiger partial charge in [0.2, 0.25) is 17.7 Å². The van der Waals surface area contributed by atoms with Gasteiger partial charge in [0, 0.05) is 22.9 Å². The fraction of sp³-hybridized carbons (Fsp3) is 0.520. The Kier molecular flexibility index (Phi) is 7.36. The number of nitrogens with one attached hydrogen (secondary N) is 4. The number of primary amides is 1. The highest BCUT2D eigenvalue weighted by Gasteiger charge is 2.40. The molecule has 2 aliphatic rings. The lowest BCUT2D eigenvalue weighted by atomic mass is 9.91. The van der Waals surface area contributed by atoms with Crippen LogP contribution in [0.5, 0.6) is 5.75 Å². The third kappa shape index (κ3) is 5.98. The molecular weight excluding hydrogens is 505 g/mol. The number of amides is 4. The molecule has 2 aromatic rings. The van der Waals surface area contributed by atoms with Gasteiger partial charge in [0.05, 0.1) is 17.6 Å². The van der Waals surface area contributed by atoms with Crippen LogP contribution >= 0.6 is 11.6 Å². The van der Waals surface area contributed by atoms with E-state index in [1.54, 1.807) is 0 Å². The summed E-state index contributed by atoms with van der Waals surface area (Å²) >= 11 is 5.92. The van der Waals surface area contributed by atoms with Gasteiger partial charge in [-0.2, -0.15) is 0 Å². The number of methoxy groups -OCH3 is 1. The number of hydrogen-bond acceptors (Lipinski definition) is 5. The van der Waals surface area contributed by atoms with Gasteiger partial charge < -0.3 is 31.4 Å². The molecule has 2 fully saturated rings. The van der Waals surface area contributed by atoms with Crippen LogP contribution in [-0.4, -0.2) is 53.3 Å². The average Bonchev–Trinajstić information content (AvgIpc) is 3.45. The van der Waals surface area contributed by atoms with E-state index < -0.39 is 47.1 Å². The fourth-order valence-corrected chi connectivity index (χ4v) is 5.03. The van der Waals surface area contributed by atoms with Crippen molar-refractivity contribution in [2.45, 2.75) is 63.6 Å². The van der Waals surface area contributed by atoms with Gasteiger partial charge in [-0.25, -0.2) is 4.39 Å². The number of rotatable bonds is 10. The smallest absolute Gasteiger partial charge is 0.268 e. The summed E-state index contributed by atoms with van der Waals surface area (Å²) in [4.78, 5) is 53.4. The molecule has 3 atom stereocenters. The Morgan fingerprint density at radius 1 is 1.22 bits per heavy atom. The number of benzene rings is 1. The first-order valence-electron chi connectivity index (χ1n) is 12.2. The van der Waals surface area contributed by atoms with E-state index in [-0.39, 0.29) is 40.2 Å². The lowest BCUT2D eigenvalue weighted by Gasteiger charge is -2.23. The monoisotopic (exact) mass is 535 g/mol. The zero-order valence-corrected chi connectivity index (χ0v) is 21.6. The minimum atomic E-state index is -1.08. The SMILES string of the molecule is COc1cc(Cl)c(F)c2[nH]c(C(=O)NC(CC3CC3)C(=O)NC(C[C@@H]3CC(C)(C)NC3=O)C(N)=O)cc12. The van der Waals surface area contributed by atoms with E-state index in [0.717, 1.165) is 12.8 Å². The number of halogens is 2. The second-order valence-corrected chi connectivity index (χ2v) is 10.9. The van der Waals surface area contributed by atoms with Gasteiger partial charge in [-0.3, -0.25) is 19.2 Å². The van der Waals surface area contributed by atoms with Crippen LogP contribution in [0, 0.1) is 17.7 Å². The zero-order chi connectivity index (χ0) is 27.1. The quantitative estimate of drug-likeness (QED) is 0.315. The molecule has 1 saturated heterocycles. The number of nitrogens with two attached hydrogens (primary N) is 1. The van der Waals surface area contributed by atoms with Crippen molar-refractivity contribution >= 4 is 46.1 Å². The van der Waals surface area contributed by atoms with E-state index in [1.165, 1.54) is 19.2 Å². The van der Waals surface area contributed by atoms with Crippen LogP contribution in [0.1, 0.15) is 56.4 Å². The first kappa shape index (κ1) is 26.7. The minimum Gasteiger partial charge on any atom is -0.496 e. The van der Waals surface area contributed by atoms with Crippen LogP contribution in [0.2, 0.25) is 5.02 Å². The zero-order valence-electron chi connectivity index (χ0n) is 20.9. The third-order valence-corrected chi connectivity index (χ3v) is 7.17. The number of H-pyrrole nitrogens is 1. The highest BCUT2D eigenvalue weighted by atomic mass is 35.5. The van der Waals surface area contributed by atoms with Crippen LogP contribution in [-0.2, 0) is 14.4 Å². The molecule has 6 N–H and O–H groups in total. The summed E-state index contributed by atoms with van der Waals surface area (Å²) in [6.45, 7) is 3.76. The maximum absolute atomic E-state index is 14.5. The summed E-state index contributed by atoms with van der Waals surface area (Å²) < 4.78 is 19.8. The molecule has 1 aliphatic carbocycles. The topological polar surface area (TPSA) is 155 Å². The molecule has 1 aromatic carbocycles. The lowest BCUT2D eigenvalue weighted by Crippen LogP contribution is -2.53. The molecule has 1 saturated carbocycles. The molecule has 4 rings (SSSR count). The maximum Gasteiger partial charge on any atom is 0.268 e. The Balaban J connectivity index is 1.50. The second kappa shape index (κ2) is 10.2. The summed E-state index contributed by atoms with van der Waals surface area (Å²) in [5.41, 5.74) is 5.15. The Labute approximate surface area is 218 Å². The van der Waals surface area contributed by atoms with Crippen molar-refractivity contribution < 1.29 is 28.3 Å². The molecule has 0 bridgehead atoms. The fourth-order valence-electron chi connectivity index (χ4n) is 4.83. The lowest BCUT2D eigenvalue weighted by molar-refractivity contribution is -0.130. The first-order chi connectivity index (χ1) is 17.4. The number of hydrogen-bond donors (Lipinski definition) is 5. The Morgan fingerprint density at radius 3 is 2.49 bits per heavy atom. The van der Waals surface area contributed by atoms with E-state index in [0.29, 0.717) is 18.2 Å². The van der Waals surface area contributed by atoms with Crippen LogP contribution in [0.25, 0.3) is 10.9 Å². The van der Waals surface area contributed by atoms with Crippen molar-refractivity contribution in [3.63, 3.8) is 0 Å². The van der Waals surface area contributed by atoms with Gasteiger partial charge >= 0.3 is 0 Å². The number of aromatic nitrogens is 1. The van der Waals surface area contributed by atoms with E-state index >= 15 is 0 Å². The first-order valence-corrected chi connectivity index (χ1v) is 12.5. The molecule has 1 aromatic heterocycles. The number of aromatic amines is 1. The molecule has 0 spiro atoms. The van der Waals surface area contributed by atoms with Gasteiger partial charge in [0.15, 0.2) is 5.82 Å². The van der Waals surface area contributed by atoms with Gasteiger partial charge in [-0.1, -0.05) is 24.4 Å². The summed E-state index contributed by atoms with van der Waals surface area (Å²) in [6.07, 6.45) is 2.76. The third-order valence-electron chi connectivity index (χ3n) is 6.89. The maximum atomic E-state index is 14.5. The highest BCUT2D eigenvalue weighted by molar-refractivity contribution is 6.31. The van der Waals surface area contributed by atoms with Gasteiger partial charge in [-0.05, 0) is 45.1 Å². The van der Waals surface area contributed by atoms with E-state index in [1.807, 2.05) is 13.8 Å². The second-order valence-electron chi connectivity index (χ2n) is 10.5. The number of fused-ring (bicyclic) bond motifs is 1. The van der Waals surface area contributed by atoms with Crippen molar-refractivity contribution in [1.82, 2.24) is 20.9 Å². The molecular formula is C25H31ClFN5O5. The van der Waals surface area contributed by atoms with Crippen molar-refractivity contribution in [2.75, 3.05) is 7.11 Å².